The second-order valence-electron chi connectivity index (χ2n) is 19.2. The highest BCUT2D eigenvalue weighted by Gasteiger charge is 2.49. The number of benzene rings is 6. The average Bonchev–Trinajstić information content (AvgIpc) is 3.67. The van der Waals surface area contributed by atoms with Gasteiger partial charge in [0.1, 0.15) is 11.5 Å². The SMILES string of the molecule is CC(C)Oc1ccc(CCN2/C(=C/C=C/C3=[N+](CCc4ccc(OC(C)C)cc4)c4ccc(C(F)(F)F)cc4C3(C)C)C(Cc3ccccc3)(Cc3ccccc3)c3cc(C(F)(F)F)ccc32)cc1. The third-order valence-electron chi connectivity index (χ3n) is 13.2. The first-order valence-electron chi connectivity index (χ1n) is 23.7. The predicted octanol–water partition coefficient (Wildman–Crippen LogP) is 14.8. The number of alkyl halides is 6. The van der Waals surface area contributed by atoms with Crippen molar-refractivity contribution in [1.82, 2.24) is 0 Å². The molecule has 6 aromatic rings. The molecule has 358 valence electrons. The van der Waals surface area contributed by atoms with E-state index < -0.39 is 34.3 Å². The van der Waals surface area contributed by atoms with Crippen LogP contribution in [0.4, 0.5) is 37.7 Å². The lowest BCUT2D eigenvalue weighted by Gasteiger charge is -2.35. The number of halogens is 6. The lowest BCUT2D eigenvalue weighted by molar-refractivity contribution is -0.436. The zero-order valence-electron chi connectivity index (χ0n) is 40.0. The summed E-state index contributed by atoms with van der Waals surface area (Å²) in [5.41, 5.74) is 4.90. The summed E-state index contributed by atoms with van der Waals surface area (Å²) in [7, 11) is 0. The monoisotopic (exact) mass is 941 g/mol. The van der Waals surface area contributed by atoms with Crippen molar-refractivity contribution in [3.63, 3.8) is 0 Å². The van der Waals surface area contributed by atoms with Gasteiger partial charge in [-0.25, -0.2) is 0 Å². The Morgan fingerprint density at radius 2 is 1.07 bits per heavy atom. The first kappa shape index (κ1) is 48.9. The molecule has 0 bridgehead atoms. The van der Waals surface area contributed by atoms with Crippen LogP contribution in [0.15, 0.2) is 170 Å². The van der Waals surface area contributed by atoms with Crippen molar-refractivity contribution < 1.29 is 40.4 Å². The second-order valence-corrected chi connectivity index (χ2v) is 19.2. The van der Waals surface area contributed by atoms with E-state index in [-0.39, 0.29) is 12.2 Å². The van der Waals surface area contributed by atoms with Crippen LogP contribution in [-0.2, 0) is 48.9 Å². The molecular weight excluding hydrogens is 883 g/mol. The number of rotatable bonds is 16. The molecule has 6 aromatic carbocycles. The molecule has 0 fully saturated rings. The molecule has 0 atom stereocenters. The van der Waals surface area contributed by atoms with Crippen LogP contribution in [0.5, 0.6) is 11.5 Å². The number of fused-ring (bicyclic) bond motifs is 2. The molecule has 4 nitrogen and oxygen atoms in total. The van der Waals surface area contributed by atoms with Crippen LogP contribution in [0, 0.1) is 0 Å². The molecule has 10 heteroatoms. The molecule has 0 spiro atoms. The fourth-order valence-electron chi connectivity index (χ4n) is 9.99. The number of hydrogen-bond acceptors (Lipinski definition) is 3. The highest BCUT2D eigenvalue weighted by Crippen LogP contribution is 2.53. The fourth-order valence-corrected chi connectivity index (χ4v) is 9.99. The quantitative estimate of drug-likeness (QED) is 0.0714. The molecule has 0 aliphatic carbocycles. The van der Waals surface area contributed by atoms with E-state index in [9.17, 15) is 26.3 Å². The van der Waals surface area contributed by atoms with Gasteiger partial charge in [-0.05, 0) is 149 Å². The number of nitrogens with zero attached hydrogens (tertiary/aromatic N) is 2. The van der Waals surface area contributed by atoms with Crippen molar-refractivity contribution in [2.45, 2.75) is 103 Å². The summed E-state index contributed by atoms with van der Waals surface area (Å²) in [5, 5.41) is 0. The van der Waals surface area contributed by atoms with Gasteiger partial charge in [0.2, 0.25) is 5.69 Å². The fraction of sp³-hybridized carbons (Fsp3) is 0.305. The van der Waals surface area contributed by atoms with Gasteiger partial charge in [-0.2, -0.15) is 30.9 Å². The molecule has 0 saturated heterocycles. The lowest BCUT2D eigenvalue weighted by atomic mass is 9.70. The number of anilines is 1. The first-order valence-corrected chi connectivity index (χ1v) is 23.7. The Labute approximate surface area is 402 Å². The van der Waals surface area contributed by atoms with Crippen LogP contribution < -0.4 is 14.4 Å². The molecule has 8 rings (SSSR count). The van der Waals surface area contributed by atoms with Crippen molar-refractivity contribution in [3.8, 4) is 11.5 Å². The van der Waals surface area contributed by atoms with Crippen molar-refractivity contribution >= 4 is 17.1 Å². The van der Waals surface area contributed by atoms with Gasteiger partial charge in [-0.1, -0.05) is 91.0 Å². The molecule has 0 amide bonds. The van der Waals surface area contributed by atoms with E-state index in [1.807, 2.05) is 169 Å². The molecule has 0 N–H and O–H groups in total. The van der Waals surface area contributed by atoms with E-state index in [1.54, 1.807) is 12.1 Å². The first-order chi connectivity index (χ1) is 32.8. The van der Waals surface area contributed by atoms with Gasteiger partial charge in [-0.3, -0.25) is 0 Å². The summed E-state index contributed by atoms with van der Waals surface area (Å²) in [5.74, 6) is 1.51. The topological polar surface area (TPSA) is 24.7 Å². The van der Waals surface area contributed by atoms with Crippen LogP contribution in [0.1, 0.15) is 86.1 Å². The minimum atomic E-state index is -4.59. The van der Waals surface area contributed by atoms with Crippen molar-refractivity contribution in [2.24, 2.45) is 0 Å². The van der Waals surface area contributed by atoms with Crippen molar-refractivity contribution in [2.75, 3.05) is 18.0 Å². The van der Waals surface area contributed by atoms with Crippen LogP contribution in [-0.4, -0.2) is 35.6 Å². The molecule has 0 radical (unpaired) electrons. The molecule has 2 heterocycles. The Bertz CT molecular complexity index is 2780. The summed E-state index contributed by atoms with van der Waals surface area (Å²) in [6.07, 6.45) is -1.16. The molecule has 0 unspecified atom stereocenters. The molecule has 2 aliphatic rings. The van der Waals surface area contributed by atoms with E-state index in [0.717, 1.165) is 51.2 Å². The molecule has 2 aliphatic heterocycles. The van der Waals surface area contributed by atoms with E-state index >= 15 is 0 Å². The van der Waals surface area contributed by atoms with E-state index in [1.165, 1.54) is 18.2 Å². The van der Waals surface area contributed by atoms with Crippen LogP contribution >= 0.6 is 0 Å². The minimum Gasteiger partial charge on any atom is -0.491 e. The predicted molar refractivity (Wildman–Crippen MR) is 264 cm³/mol. The molecule has 0 aromatic heterocycles. The van der Waals surface area contributed by atoms with E-state index in [2.05, 4.69) is 9.48 Å². The maximum absolute atomic E-state index is 14.8. The zero-order chi connectivity index (χ0) is 49.1. The van der Waals surface area contributed by atoms with E-state index in [4.69, 9.17) is 9.47 Å². The Balaban J connectivity index is 1.29. The molecule has 0 saturated carbocycles. The lowest BCUT2D eigenvalue weighted by Crippen LogP contribution is -2.36. The van der Waals surface area contributed by atoms with Crippen LogP contribution in [0.25, 0.3) is 0 Å². The van der Waals surface area contributed by atoms with Gasteiger partial charge < -0.3 is 14.4 Å². The second kappa shape index (κ2) is 19.8. The number of allylic oxidation sites excluding steroid dienone is 4. The Kier molecular flexibility index (Phi) is 14.0. The van der Waals surface area contributed by atoms with Crippen LogP contribution in [0.2, 0.25) is 0 Å². The standard InChI is InChI=1S/C59H59F6N2O2/c1-40(2)68-48-26-20-42(21-27-48)32-34-66-52-30-24-46(58(60,61)62)36-50(52)56(5,6)54(66)18-13-19-55-57(38-44-14-9-7-10-15-44,39-45-16-11-8-12-17-45)51-37-47(59(63,64)65)25-31-53(51)67(55)35-33-43-22-28-49(29-23-43)69-41(3)4/h7-31,36-37,40-41H,32-35,38-39H2,1-6H3/q+1. The van der Waals surface area contributed by atoms with Gasteiger partial charge in [0.25, 0.3) is 0 Å². The van der Waals surface area contributed by atoms with Gasteiger partial charge in [-0.15, -0.1) is 0 Å². The third kappa shape index (κ3) is 10.9. The van der Waals surface area contributed by atoms with Crippen molar-refractivity contribution in [3.05, 3.63) is 214 Å². The highest BCUT2D eigenvalue weighted by atomic mass is 19.4. The molecule has 69 heavy (non-hydrogen) atoms. The van der Waals surface area contributed by atoms with Gasteiger partial charge in [0, 0.05) is 47.5 Å². The Morgan fingerprint density at radius 1 is 0.580 bits per heavy atom. The normalized spacial score (nSPS) is 16.0. The largest absolute Gasteiger partial charge is 0.491 e. The number of hydrogen-bond donors (Lipinski definition) is 0. The summed E-state index contributed by atoms with van der Waals surface area (Å²) in [6, 6.07) is 43.6. The van der Waals surface area contributed by atoms with Crippen molar-refractivity contribution in [1.29, 1.82) is 0 Å². The average molecular weight is 942 g/mol. The van der Waals surface area contributed by atoms with Crippen LogP contribution in [0.3, 0.4) is 0 Å². The maximum Gasteiger partial charge on any atom is 0.416 e. The van der Waals surface area contributed by atoms with E-state index in [0.29, 0.717) is 61.3 Å². The Hall–Kier alpha value is -6.55. The summed E-state index contributed by atoms with van der Waals surface area (Å²) in [6.45, 7) is 12.7. The smallest absolute Gasteiger partial charge is 0.416 e. The summed E-state index contributed by atoms with van der Waals surface area (Å²) >= 11 is 0. The molecular formula is C59H59F6N2O2+. The zero-order valence-corrected chi connectivity index (χ0v) is 40.0. The Morgan fingerprint density at radius 3 is 1.58 bits per heavy atom. The van der Waals surface area contributed by atoms with Gasteiger partial charge in [0.15, 0.2) is 12.3 Å². The number of ether oxygens (including phenoxy) is 2. The van der Waals surface area contributed by atoms with Gasteiger partial charge >= 0.3 is 12.4 Å². The maximum atomic E-state index is 14.8. The summed E-state index contributed by atoms with van der Waals surface area (Å²) < 4.78 is 101. The summed E-state index contributed by atoms with van der Waals surface area (Å²) in [4.78, 5) is 2.17. The highest BCUT2D eigenvalue weighted by molar-refractivity contribution is 6.03. The van der Waals surface area contributed by atoms with Gasteiger partial charge in [0.05, 0.1) is 28.7 Å². The minimum absolute atomic E-state index is 0.00978. The third-order valence-corrected chi connectivity index (χ3v) is 13.2.